The molecule has 28 heavy (non-hydrogen) atoms. The molecule has 1 fully saturated rings. The Kier molecular flexibility index (Phi) is 8.78. The summed E-state index contributed by atoms with van der Waals surface area (Å²) in [6.45, 7) is 4.86. The number of hydrogen-bond acceptors (Lipinski definition) is 3. The van der Waals surface area contributed by atoms with E-state index in [4.69, 9.17) is 4.42 Å². The number of carbonyl (C=O) groups excluding carboxylic acids is 1. The molecule has 4 nitrogen and oxygen atoms in total. The number of fused-ring (bicyclic) bond motifs is 1. The quantitative estimate of drug-likeness (QED) is 0.460. The zero-order valence-corrected chi connectivity index (χ0v) is 21.4. The van der Waals surface area contributed by atoms with Crippen LogP contribution in [0.5, 0.6) is 0 Å². The Labute approximate surface area is 204 Å². The van der Waals surface area contributed by atoms with Gasteiger partial charge in [-0.3, -0.25) is 9.69 Å². The zero-order chi connectivity index (χ0) is 18.5. The molecule has 1 saturated heterocycles. The van der Waals surface area contributed by atoms with Crippen molar-refractivity contribution in [2.75, 3.05) is 26.2 Å². The molecule has 1 aromatic carbocycles. The molecule has 0 unspecified atom stereocenters. The zero-order valence-electron chi connectivity index (χ0n) is 16.6. The first-order valence-electron chi connectivity index (χ1n) is 10.3. The third kappa shape index (κ3) is 6.02. The summed E-state index contributed by atoms with van der Waals surface area (Å²) in [5, 5.41) is 4.40. The van der Waals surface area contributed by atoms with Crippen LogP contribution < -0.4 is 0 Å². The van der Waals surface area contributed by atoms with Crippen molar-refractivity contribution in [3.63, 3.8) is 0 Å². The molecule has 4 rings (SSSR count). The largest absolute Gasteiger partial charge is 0.662 e. The van der Waals surface area contributed by atoms with Gasteiger partial charge in [0.25, 0.3) is 0 Å². The second-order valence-corrected chi connectivity index (χ2v) is 7.92. The molecule has 1 radical (unpaired) electrons. The second kappa shape index (κ2) is 11.1. The van der Waals surface area contributed by atoms with E-state index in [0.717, 1.165) is 76.2 Å². The van der Waals surface area contributed by atoms with Crippen LogP contribution in [0.3, 0.4) is 0 Å². The van der Waals surface area contributed by atoms with Crippen LogP contribution in [0, 0.1) is 50.0 Å². The molecular weight excluding hydrogens is 563 g/mol. The molecule has 2 aliphatic rings. The van der Waals surface area contributed by atoms with Gasteiger partial charge in [0.2, 0.25) is 0 Å². The summed E-state index contributed by atoms with van der Waals surface area (Å²) >= 11 is 0. The maximum atomic E-state index is 12.7. The third-order valence-corrected chi connectivity index (χ3v) is 6.05. The van der Waals surface area contributed by atoms with Gasteiger partial charge in [-0.15, -0.1) is 13.1 Å². The third-order valence-electron chi connectivity index (χ3n) is 6.05. The second-order valence-electron chi connectivity index (χ2n) is 7.92. The molecule has 5 heteroatoms. The van der Waals surface area contributed by atoms with E-state index in [1.54, 1.807) is 6.26 Å². The van der Waals surface area contributed by atoms with Crippen LogP contribution in [0.2, 0.25) is 0 Å². The molecule has 0 N–H and O–H groups in total. The van der Waals surface area contributed by atoms with Crippen LogP contribution in [0.4, 0.5) is 0 Å². The molecule has 147 valence electrons. The number of benzene rings is 1. The summed E-state index contributed by atoms with van der Waals surface area (Å²) in [5.74, 6) is 2.01. The van der Waals surface area contributed by atoms with Gasteiger partial charge in [0, 0.05) is 69.1 Å². The minimum atomic E-state index is 0. The molecule has 0 bridgehead atoms. The molecule has 0 saturated carbocycles. The Morgan fingerprint density at radius 1 is 1.11 bits per heavy atom. The van der Waals surface area contributed by atoms with Crippen molar-refractivity contribution in [3.8, 4) is 0 Å². The number of piperidine rings is 1. The Hall–Kier alpha value is -0.468. The minimum Gasteiger partial charge on any atom is -0.662 e. The van der Waals surface area contributed by atoms with Gasteiger partial charge in [-0.05, 0) is 54.5 Å². The fraction of sp³-hybridized carbons (Fsp3) is 0.522. The van der Waals surface area contributed by atoms with Crippen molar-refractivity contribution < 1.29 is 53.3 Å². The van der Waals surface area contributed by atoms with Gasteiger partial charge in [-0.2, -0.15) is 0 Å². The fourth-order valence-corrected chi connectivity index (χ4v) is 4.30. The summed E-state index contributed by atoms with van der Waals surface area (Å²) in [6, 6.07) is 10.4. The maximum Gasteiger partial charge on any atom is 0.162 e. The first-order valence-corrected chi connectivity index (χ1v) is 10.3. The van der Waals surface area contributed by atoms with Crippen LogP contribution in [-0.4, -0.2) is 36.9 Å². The smallest absolute Gasteiger partial charge is 0.162 e. The van der Waals surface area contributed by atoms with Gasteiger partial charge in [-0.25, -0.2) is 0 Å². The maximum absolute atomic E-state index is 12.7. The van der Waals surface area contributed by atoms with E-state index in [9.17, 15) is 4.79 Å². The van der Waals surface area contributed by atoms with E-state index in [1.165, 1.54) is 11.1 Å². The topological polar surface area (TPSA) is 47.6 Å². The summed E-state index contributed by atoms with van der Waals surface area (Å²) in [5.41, 5.74) is 3.63. The summed E-state index contributed by atoms with van der Waals surface area (Å²) in [6.07, 6.45) is 7.78. The standard InChI is InChI=1S/C23H29N2O2.Ac/c26-23(6-3-18-7-11-24-12-8-18)21-5-4-19-9-13-25(14-10-20(19)16-21)17-22-2-1-15-27-22;/h1-2,4-5,15-16,18H,3,6-14,17H2;/q-1;. The Balaban J connectivity index is 0.00000225. The van der Waals surface area contributed by atoms with Gasteiger partial charge in [-0.1, -0.05) is 25.0 Å². The van der Waals surface area contributed by atoms with E-state index >= 15 is 0 Å². The number of hydrogen-bond donors (Lipinski definition) is 0. The number of furan rings is 1. The van der Waals surface area contributed by atoms with Gasteiger partial charge in [0.15, 0.2) is 5.78 Å². The molecule has 2 aliphatic heterocycles. The molecule has 0 amide bonds. The van der Waals surface area contributed by atoms with E-state index in [1.807, 2.05) is 18.2 Å². The first kappa shape index (κ1) is 22.2. The summed E-state index contributed by atoms with van der Waals surface area (Å²) in [7, 11) is 0. The normalized spacial score (nSPS) is 18.1. The molecular formula is C23H29AcN2O2-. The van der Waals surface area contributed by atoms with Gasteiger partial charge >= 0.3 is 0 Å². The number of ketones is 1. The molecule has 3 heterocycles. The monoisotopic (exact) mass is 592 g/mol. The van der Waals surface area contributed by atoms with Crippen LogP contribution in [0.15, 0.2) is 41.0 Å². The SMILES string of the molecule is O=C(CCC1CC[N-]CC1)c1ccc2c(c1)CCN(Cc1ccco1)CC2.[Ac]. The molecule has 2 aromatic rings. The minimum absolute atomic E-state index is 0. The number of nitrogens with zero attached hydrogens (tertiary/aromatic N) is 2. The number of Topliss-reactive ketones (excluding diaryl/α,β-unsaturated/α-hetero) is 1. The first-order chi connectivity index (χ1) is 13.3. The average molecular weight is 592 g/mol. The molecule has 0 spiro atoms. The van der Waals surface area contributed by atoms with Crippen molar-refractivity contribution in [2.24, 2.45) is 5.92 Å². The van der Waals surface area contributed by atoms with Crippen molar-refractivity contribution >= 4 is 5.78 Å². The van der Waals surface area contributed by atoms with Gasteiger partial charge < -0.3 is 9.73 Å². The Morgan fingerprint density at radius 2 is 1.89 bits per heavy atom. The Bertz CT molecular complexity index is 754. The van der Waals surface area contributed by atoms with E-state index < -0.39 is 0 Å². The summed E-state index contributed by atoms with van der Waals surface area (Å²) < 4.78 is 5.49. The predicted octanol–water partition coefficient (Wildman–Crippen LogP) is 4.63. The predicted molar refractivity (Wildman–Crippen MR) is 107 cm³/mol. The van der Waals surface area contributed by atoms with E-state index in [-0.39, 0.29) is 44.1 Å². The van der Waals surface area contributed by atoms with Crippen LogP contribution >= 0.6 is 0 Å². The van der Waals surface area contributed by atoms with Gasteiger partial charge in [0.05, 0.1) is 12.8 Å². The fourth-order valence-electron chi connectivity index (χ4n) is 4.30. The van der Waals surface area contributed by atoms with Gasteiger partial charge in [0.1, 0.15) is 5.76 Å². The average Bonchev–Trinajstić information content (AvgIpc) is 3.14. The summed E-state index contributed by atoms with van der Waals surface area (Å²) in [4.78, 5) is 15.1. The number of rotatable bonds is 6. The molecule has 1 aromatic heterocycles. The van der Waals surface area contributed by atoms with E-state index in [0.29, 0.717) is 18.1 Å². The van der Waals surface area contributed by atoms with Crippen molar-refractivity contribution in [1.29, 1.82) is 0 Å². The van der Waals surface area contributed by atoms with Crippen LogP contribution in [0.25, 0.3) is 5.32 Å². The molecule has 0 aliphatic carbocycles. The van der Waals surface area contributed by atoms with Crippen molar-refractivity contribution in [3.05, 3.63) is 64.4 Å². The number of carbonyl (C=O) groups is 1. The van der Waals surface area contributed by atoms with Crippen LogP contribution in [-0.2, 0) is 19.4 Å². The van der Waals surface area contributed by atoms with Crippen molar-refractivity contribution in [1.82, 2.24) is 4.90 Å². The molecule has 0 atom stereocenters. The van der Waals surface area contributed by atoms with E-state index in [2.05, 4.69) is 22.3 Å². The van der Waals surface area contributed by atoms with Crippen LogP contribution in [0.1, 0.15) is 52.9 Å². The van der Waals surface area contributed by atoms with Crippen molar-refractivity contribution in [2.45, 2.75) is 45.1 Å². The Morgan fingerprint density at radius 3 is 2.64 bits per heavy atom.